The Labute approximate surface area is 74.3 Å². The van der Waals surface area contributed by atoms with Crippen LogP contribution < -0.4 is 5.73 Å². The van der Waals surface area contributed by atoms with E-state index in [-0.39, 0.29) is 6.04 Å². The van der Waals surface area contributed by atoms with Gasteiger partial charge in [0.25, 0.3) is 0 Å². The zero-order valence-corrected chi connectivity index (χ0v) is 7.16. The predicted octanol–water partition coefficient (Wildman–Crippen LogP) is 0.579. The lowest BCUT2D eigenvalue weighted by Crippen LogP contribution is -2.01. The molecule has 5 heteroatoms. The van der Waals surface area contributed by atoms with Crippen molar-refractivity contribution >= 4 is 16.9 Å². The molecule has 1 aliphatic rings. The number of hydrogen-bond donors (Lipinski definition) is 1. The summed E-state index contributed by atoms with van der Waals surface area (Å²) in [6.45, 7) is 0. The van der Waals surface area contributed by atoms with E-state index in [2.05, 4.69) is 15.0 Å². The molecule has 0 radical (unpaired) electrons. The van der Waals surface area contributed by atoms with Gasteiger partial charge >= 0.3 is 0 Å². The first kappa shape index (κ1) is 7.54. The number of aromatic nitrogens is 2. The van der Waals surface area contributed by atoms with Crippen LogP contribution in [-0.2, 0) is 0 Å². The van der Waals surface area contributed by atoms with E-state index in [1.54, 1.807) is 24.2 Å². The van der Waals surface area contributed by atoms with Gasteiger partial charge in [-0.1, -0.05) is 11.8 Å². The monoisotopic (exact) mass is 180 g/mol. The van der Waals surface area contributed by atoms with Crippen molar-refractivity contribution in [1.29, 1.82) is 0 Å². The molecular weight excluding hydrogens is 172 g/mol. The molecule has 2 heterocycles. The van der Waals surface area contributed by atoms with Gasteiger partial charge in [-0.05, 0) is 0 Å². The molecule has 0 aliphatic carbocycles. The van der Waals surface area contributed by atoms with Gasteiger partial charge in [0.2, 0.25) is 0 Å². The third-order valence-corrected chi connectivity index (χ3v) is 2.52. The van der Waals surface area contributed by atoms with Crippen LogP contribution in [0.25, 0.3) is 0 Å². The standard InChI is InChI=1S/C7H8N4S/c8-7-11-6(3-12-7)5-1-9-4-10-2-5/h1-2,4,6H,3H2,(H2,8,11). The van der Waals surface area contributed by atoms with E-state index in [1.807, 2.05) is 0 Å². The van der Waals surface area contributed by atoms with Gasteiger partial charge in [0.1, 0.15) is 6.33 Å². The normalized spacial score (nSPS) is 22.3. The summed E-state index contributed by atoms with van der Waals surface area (Å²) in [5.74, 6) is 0.902. The Hall–Kier alpha value is -1.10. The molecule has 2 N–H and O–H groups in total. The second-order valence-corrected chi connectivity index (χ2v) is 3.51. The molecule has 1 aromatic rings. The highest BCUT2D eigenvalue weighted by Gasteiger charge is 2.17. The zero-order valence-electron chi connectivity index (χ0n) is 6.34. The van der Waals surface area contributed by atoms with Gasteiger partial charge in [-0.15, -0.1) is 0 Å². The third kappa shape index (κ3) is 1.40. The van der Waals surface area contributed by atoms with Gasteiger partial charge in [0, 0.05) is 23.7 Å². The molecule has 0 bridgehead atoms. The van der Waals surface area contributed by atoms with Crippen molar-refractivity contribution in [2.75, 3.05) is 5.75 Å². The summed E-state index contributed by atoms with van der Waals surface area (Å²) in [7, 11) is 0. The molecule has 62 valence electrons. The molecule has 1 aliphatic heterocycles. The molecule has 2 rings (SSSR count). The molecule has 4 nitrogen and oxygen atoms in total. The summed E-state index contributed by atoms with van der Waals surface area (Å²) in [6, 6.07) is 0.149. The Bertz CT molecular complexity index is 298. The van der Waals surface area contributed by atoms with Gasteiger partial charge in [-0.25, -0.2) is 9.97 Å². The maximum absolute atomic E-state index is 5.53. The first-order valence-corrected chi connectivity index (χ1v) is 4.56. The molecule has 0 aromatic carbocycles. The van der Waals surface area contributed by atoms with Crippen LogP contribution in [0.3, 0.4) is 0 Å². The maximum Gasteiger partial charge on any atom is 0.154 e. The number of amidine groups is 1. The molecule has 12 heavy (non-hydrogen) atoms. The summed E-state index contributed by atoms with van der Waals surface area (Å²) in [5, 5.41) is 0.656. The third-order valence-electron chi connectivity index (χ3n) is 1.64. The van der Waals surface area contributed by atoms with E-state index in [0.717, 1.165) is 11.3 Å². The second-order valence-electron chi connectivity index (χ2n) is 2.47. The van der Waals surface area contributed by atoms with Crippen molar-refractivity contribution < 1.29 is 0 Å². The lowest BCUT2D eigenvalue weighted by molar-refractivity contribution is 0.829. The number of rotatable bonds is 1. The van der Waals surface area contributed by atoms with Crippen LogP contribution >= 0.6 is 11.8 Å². The van der Waals surface area contributed by atoms with Crippen LogP contribution in [-0.4, -0.2) is 20.9 Å². The van der Waals surface area contributed by atoms with Crippen molar-refractivity contribution in [2.24, 2.45) is 10.7 Å². The van der Waals surface area contributed by atoms with Gasteiger partial charge in [0.05, 0.1) is 6.04 Å². The van der Waals surface area contributed by atoms with E-state index < -0.39 is 0 Å². The summed E-state index contributed by atoms with van der Waals surface area (Å²) >= 11 is 1.57. The molecule has 0 spiro atoms. The Balaban J connectivity index is 2.22. The van der Waals surface area contributed by atoms with E-state index in [4.69, 9.17) is 5.73 Å². The van der Waals surface area contributed by atoms with Crippen molar-refractivity contribution in [3.05, 3.63) is 24.3 Å². The minimum Gasteiger partial charge on any atom is -0.379 e. The Morgan fingerprint density at radius 1 is 1.42 bits per heavy atom. The van der Waals surface area contributed by atoms with Crippen LogP contribution in [0.4, 0.5) is 0 Å². The summed E-state index contributed by atoms with van der Waals surface area (Å²) in [6.07, 6.45) is 5.07. The number of hydrogen-bond acceptors (Lipinski definition) is 5. The van der Waals surface area contributed by atoms with E-state index in [1.165, 1.54) is 6.33 Å². The maximum atomic E-state index is 5.53. The Morgan fingerprint density at radius 2 is 2.17 bits per heavy atom. The van der Waals surface area contributed by atoms with Crippen LogP contribution in [0.15, 0.2) is 23.7 Å². The van der Waals surface area contributed by atoms with Crippen molar-refractivity contribution in [2.45, 2.75) is 6.04 Å². The summed E-state index contributed by atoms with van der Waals surface area (Å²) in [4.78, 5) is 12.1. The van der Waals surface area contributed by atoms with Crippen molar-refractivity contribution in [3.63, 3.8) is 0 Å². The Kier molecular flexibility index (Phi) is 1.95. The highest BCUT2D eigenvalue weighted by Crippen LogP contribution is 2.27. The second kappa shape index (κ2) is 3.10. The molecule has 0 amide bonds. The molecular formula is C7H8N4S. The van der Waals surface area contributed by atoms with Gasteiger partial charge in [-0.2, -0.15) is 0 Å². The van der Waals surface area contributed by atoms with E-state index in [9.17, 15) is 0 Å². The molecule has 1 unspecified atom stereocenters. The number of thioether (sulfide) groups is 1. The molecule has 0 saturated heterocycles. The predicted molar refractivity (Wildman–Crippen MR) is 48.9 cm³/mol. The number of nitrogens with two attached hydrogens (primary N) is 1. The summed E-state index contributed by atoms with van der Waals surface area (Å²) < 4.78 is 0. The van der Waals surface area contributed by atoms with E-state index in [0.29, 0.717) is 5.17 Å². The van der Waals surface area contributed by atoms with Gasteiger partial charge in [-0.3, -0.25) is 4.99 Å². The average Bonchev–Trinajstić information content (AvgIpc) is 2.54. The SMILES string of the molecule is NC1=NC(c2cncnc2)CS1. The summed E-state index contributed by atoms with van der Waals surface area (Å²) in [5.41, 5.74) is 6.57. The zero-order chi connectivity index (χ0) is 8.39. The highest BCUT2D eigenvalue weighted by atomic mass is 32.2. The number of aliphatic imine (C=N–C) groups is 1. The van der Waals surface area contributed by atoms with Crippen LogP contribution in [0, 0.1) is 0 Å². The minimum atomic E-state index is 0.149. The first-order chi connectivity index (χ1) is 5.86. The topological polar surface area (TPSA) is 64.2 Å². The fourth-order valence-electron chi connectivity index (χ4n) is 1.05. The fraction of sp³-hybridized carbons (Fsp3) is 0.286. The first-order valence-electron chi connectivity index (χ1n) is 3.57. The molecule has 0 fully saturated rings. The minimum absolute atomic E-state index is 0.149. The molecule has 0 saturated carbocycles. The van der Waals surface area contributed by atoms with Crippen molar-refractivity contribution in [1.82, 2.24) is 9.97 Å². The fourth-order valence-corrected chi connectivity index (χ4v) is 1.84. The smallest absolute Gasteiger partial charge is 0.154 e. The van der Waals surface area contributed by atoms with Gasteiger partial charge in [0.15, 0.2) is 5.17 Å². The highest BCUT2D eigenvalue weighted by molar-refractivity contribution is 8.14. The van der Waals surface area contributed by atoms with Gasteiger partial charge < -0.3 is 5.73 Å². The van der Waals surface area contributed by atoms with Crippen LogP contribution in [0.1, 0.15) is 11.6 Å². The molecule has 1 aromatic heterocycles. The Morgan fingerprint density at radius 3 is 2.75 bits per heavy atom. The van der Waals surface area contributed by atoms with E-state index >= 15 is 0 Å². The van der Waals surface area contributed by atoms with Crippen LogP contribution in [0.2, 0.25) is 0 Å². The lowest BCUT2D eigenvalue weighted by Gasteiger charge is -2.02. The molecule has 1 atom stereocenters. The number of nitrogens with zero attached hydrogens (tertiary/aromatic N) is 3. The largest absolute Gasteiger partial charge is 0.379 e. The van der Waals surface area contributed by atoms with Crippen molar-refractivity contribution in [3.8, 4) is 0 Å². The average molecular weight is 180 g/mol. The van der Waals surface area contributed by atoms with Crippen LogP contribution in [0.5, 0.6) is 0 Å². The quantitative estimate of drug-likeness (QED) is 0.686. The lowest BCUT2D eigenvalue weighted by atomic mass is 10.2.